The second-order valence-corrected chi connectivity index (χ2v) is 7.55. The molecule has 0 aliphatic carbocycles. The zero-order chi connectivity index (χ0) is 20.5. The van der Waals surface area contributed by atoms with E-state index >= 15 is 0 Å². The molecule has 5 nitrogen and oxygen atoms in total. The van der Waals surface area contributed by atoms with Gasteiger partial charge in [-0.25, -0.2) is 0 Å². The molecule has 0 bridgehead atoms. The highest BCUT2D eigenvalue weighted by Gasteiger charge is 2.30. The van der Waals surface area contributed by atoms with E-state index in [1.165, 1.54) is 11.1 Å². The van der Waals surface area contributed by atoms with Gasteiger partial charge in [-0.3, -0.25) is 9.69 Å². The maximum atomic E-state index is 13.1. The lowest BCUT2D eigenvalue weighted by Crippen LogP contribution is -2.42. The second-order valence-electron chi connectivity index (χ2n) is 7.55. The Kier molecular flexibility index (Phi) is 10.1. The number of amides is 1. The maximum Gasteiger partial charge on any atom is 0.237 e. The number of ether oxygens (including phenoxy) is 1. The van der Waals surface area contributed by atoms with E-state index in [1.54, 1.807) is 0 Å². The highest BCUT2D eigenvalue weighted by molar-refractivity contribution is 5.85. The number of halogens is 1. The molecule has 1 heterocycles. The van der Waals surface area contributed by atoms with Crippen LogP contribution in [-0.4, -0.2) is 55.0 Å². The van der Waals surface area contributed by atoms with Crippen LogP contribution in [0.3, 0.4) is 0 Å². The summed E-state index contributed by atoms with van der Waals surface area (Å²) < 4.78 is 5.54. The van der Waals surface area contributed by atoms with Crippen LogP contribution in [0.15, 0.2) is 54.6 Å². The molecule has 6 heteroatoms. The first-order valence-electron chi connectivity index (χ1n) is 10.7. The van der Waals surface area contributed by atoms with Crippen LogP contribution in [0.25, 0.3) is 0 Å². The maximum absolute atomic E-state index is 13.1. The Bertz CT molecular complexity index is 755. The largest absolute Gasteiger partial charge is 0.494 e. The minimum Gasteiger partial charge on any atom is -0.494 e. The van der Waals surface area contributed by atoms with Gasteiger partial charge in [-0.15, -0.1) is 12.4 Å². The van der Waals surface area contributed by atoms with Gasteiger partial charge in [0.15, 0.2) is 0 Å². The van der Waals surface area contributed by atoms with Gasteiger partial charge < -0.3 is 15.4 Å². The normalized spacial score (nSPS) is 15.8. The summed E-state index contributed by atoms with van der Waals surface area (Å²) in [5, 5.41) is 0. The fraction of sp³-hybridized carbons (Fsp3) is 0.458. The lowest BCUT2D eigenvalue weighted by molar-refractivity contribution is -0.133. The number of carbonyl (C=O) groups is 1. The van der Waals surface area contributed by atoms with Crippen molar-refractivity contribution in [3.8, 4) is 5.75 Å². The van der Waals surface area contributed by atoms with Gasteiger partial charge in [-0.2, -0.15) is 0 Å². The van der Waals surface area contributed by atoms with Gasteiger partial charge in [-0.1, -0.05) is 42.5 Å². The summed E-state index contributed by atoms with van der Waals surface area (Å²) >= 11 is 0. The third-order valence-electron chi connectivity index (χ3n) is 5.51. The first kappa shape index (κ1) is 24.2. The fourth-order valence-corrected chi connectivity index (χ4v) is 4.03. The molecule has 1 fully saturated rings. The summed E-state index contributed by atoms with van der Waals surface area (Å²) in [5.41, 5.74) is 8.28. The molecule has 2 aromatic rings. The lowest BCUT2D eigenvalue weighted by atomic mass is 10.0. The van der Waals surface area contributed by atoms with E-state index in [0.29, 0.717) is 19.7 Å². The summed E-state index contributed by atoms with van der Waals surface area (Å²) in [6, 6.07) is 18.7. The quantitative estimate of drug-likeness (QED) is 0.623. The van der Waals surface area contributed by atoms with E-state index < -0.39 is 0 Å². The van der Waals surface area contributed by atoms with Crippen LogP contribution in [0.5, 0.6) is 5.75 Å². The molecular formula is C24H34ClN3O2. The third-order valence-corrected chi connectivity index (χ3v) is 5.51. The SMILES string of the molecule is CCOc1ccc(C2CCCN2C(=O)CN(CCN)CCc2ccccc2)cc1.Cl. The summed E-state index contributed by atoms with van der Waals surface area (Å²) in [4.78, 5) is 17.3. The number of rotatable bonds is 10. The summed E-state index contributed by atoms with van der Waals surface area (Å²) in [5.74, 6) is 1.07. The molecule has 1 aliphatic rings. The predicted molar refractivity (Wildman–Crippen MR) is 124 cm³/mol. The highest BCUT2D eigenvalue weighted by atomic mass is 35.5. The van der Waals surface area contributed by atoms with Crippen LogP contribution in [0.2, 0.25) is 0 Å². The van der Waals surface area contributed by atoms with Crippen LogP contribution >= 0.6 is 12.4 Å². The summed E-state index contributed by atoms with van der Waals surface area (Å²) in [6.45, 7) is 6.03. The molecule has 0 spiro atoms. The molecule has 2 N–H and O–H groups in total. The van der Waals surface area contributed by atoms with E-state index in [9.17, 15) is 4.79 Å². The van der Waals surface area contributed by atoms with Crippen LogP contribution in [0.1, 0.15) is 36.9 Å². The van der Waals surface area contributed by atoms with Crippen LogP contribution in [0.4, 0.5) is 0 Å². The zero-order valence-electron chi connectivity index (χ0n) is 17.8. The standard InChI is InChI=1S/C24H33N3O2.ClH/c1-2-29-22-12-10-21(11-13-22)23-9-6-16-27(23)24(28)19-26(18-15-25)17-14-20-7-4-3-5-8-20;/h3-5,7-8,10-13,23H,2,6,9,14-19,25H2,1H3;1H. The minimum atomic E-state index is 0. The van der Waals surface area contributed by atoms with Gasteiger partial charge >= 0.3 is 0 Å². The van der Waals surface area contributed by atoms with Crippen LogP contribution in [0, 0.1) is 0 Å². The van der Waals surface area contributed by atoms with Gasteiger partial charge in [0.25, 0.3) is 0 Å². The minimum absolute atomic E-state index is 0. The monoisotopic (exact) mass is 431 g/mol. The fourth-order valence-electron chi connectivity index (χ4n) is 4.03. The summed E-state index contributed by atoms with van der Waals surface area (Å²) in [7, 11) is 0. The van der Waals surface area contributed by atoms with Gasteiger partial charge in [0.05, 0.1) is 19.2 Å². The van der Waals surface area contributed by atoms with Crippen molar-refractivity contribution >= 4 is 18.3 Å². The molecule has 1 aliphatic heterocycles. The second kappa shape index (κ2) is 12.6. The highest BCUT2D eigenvalue weighted by Crippen LogP contribution is 2.32. The number of hydrogen-bond donors (Lipinski definition) is 1. The van der Waals surface area contributed by atoms with E-state index in [0.717, 1.165) is 44.6 Å². The number of benzene rings is 2. The van der Waals surface area contributed by atoms with Crippen molar-refractivity contribution in [1.82, 2.24) is 9.80 Å². The summed E-state index contributed by atoms with van der Waals surface area (Å²) in [6.07, 6.45) is 2.99. The molecule has 1 saturated heterocycles. The number of likely N-dealkylation sites (tertiary alicyclic amines) is 1. The average Bonchev–Trinajstić information content (AvgIpc) is 3.24. The van der Waals surface area contributed by atoms with Gasteiger partial charge in [0.2, 0.25) is 5.91 Å². The van der Waals surface area contributed by atoms with Gasteiger partial charge in [-0.05, 0) is 49.4 Å². The Morgan fingerprint density at radius 1 is 1.13 bits per heavy atom. The Hall–Kier alpha value is -2.08. The molecule has 1 atom stereocenters. The molecule has 1 amide bonds. The Morgan fingerprint density at radius 3 is 2.53 bits per heavy atom. The Labute approximate surface area is 186 Å². The molecule has 0 aromatic heterocycles. The van der Waals surface area contributed by atoms with Gasteiger partial charge in [0.1, 0.15) is 5.75 Å². The van der Waals surface area contributed by atoms with Crippen molar-refractivity contribution in [2.75, 3.05) is 39.3 Å². The first-order chi connectivity index (χ1) is 14.2. The van der Waals surface area contributed by atoms with E-state index in [4.69, 9.17) is 10.5 Å². The van der Waals surface area contributed by atoms with Crippen molar-refractivity contribution in [2.24, 2.45) is 5.73 Å². The molecular weight excluding hydrogens is 398 g/mol. The molecule has 30 heavy (non-hydrogen) atoms. The van der Waals surface area contributed by atoms with Crippen molar-refractivity contribution in [3.05, 3.63) is 65.7 Å². The Balaban J connectivity index is 0.00000320. The first-order valence-corrected chi connectivity index (χ1v) is 10.7. The van der Waals surface area contributed by atoms with E-state index in [1.807, 2.05) is 30.0 Å². The Morgan fingerprint density at radius 2 is 1.87 bits per heavy atom. The number of nitrogens with two attached hydrogens (primary N) is 1. The third kappa shape index (κ3) is 6.73. The molecule has 2 aromatic carbocycles. The van der Waals surface area contributed by atoms with Crippen molar-refractivity contribution in [2.45, 2.75) is 32.2 Å². The molecule has 164 valence electrons. The van der Waals surface area contributed by atoms with Gasteiger partial charge in [0, 0.05) is 26.2 Å². The zero-order valence-corrected chi connectivity index (χ0v) is 18.7. The van der Waals surface area contributed by atoms with E-state index in [2.05, 4.69) is 41.3 Å². The molecule has 3 rings (SSSR count). The molecule has 1 unspecified atom stereocenters. The predicted octanol–water partition coefficient (Wildman–Crippen LogP) is 3.67. The average molecular weight is 432 g/mol. The van der Waals surface area contributed by atoms with Crippen molar-refractivity contribution < 1.29 is 9.53 Å². The van der Waals surface area contributed by atoms with Crippen LogP contribution in [-0.2, 0) is 11.2 Å². The smallest absolute Gasteiger partial charge is 0.237 e. The van der Waals surface area contributed by atoms with Crippen molar-refractivity contribution in [3.63, 3.8) is 0 Å². The van der Waals surface area contributed by atoms with E-state index in [-0.39, 0.29) is 24.4 Å². The number of carbonyl (C=O) groups excluding carboxylic acids is 1. The lowest BCUT2D eigenvalue weighted by Gasteiger charge is -2.29. The molecule has 0 saturated carbocycles. The number of nitrogens with zero attached hydrogens (tertiary/aromatic N) is 2. The van der Waals surface area contributed by atoms with Crippen LogP contribution < -0.4 is 10.5 Å². The topological polar surface area (TPSA) is 58.8 Å². The molecule has 0 radical (unpaired) electrons. The number of hydrogen-bond acceptors (Lipinski definition) is 4. The van der Waals surface area contributed by atoms with Crippen molar-refractivity contribution in [1.29, 1.82) is 0 Å².